The minimum Gasteiger partial charge on any atom is -0.506 e. The predicted molar refractivity (Wildman–Crippen MR) is 61.9 cm³/mol. The van der Waals surface area contributed by atoms with Crippen LogP contribution in [0.4, 0.5) is 5.82 Å². The molecule has 1 atom stereocenters. The average molecular weight is 223 g/mol. The van der Waals surface area contributed by atoms with Gasteiger partial charge in [-0.3, -0.25) is 0 Å². The molecule has 0 aromatic carbocycles. The first kappa shape index (κ1) is 11.0. The second kappa shape index (κ2) is 4.17. The Morgan fingerprint density at radius 2 is 2.12 bits per heavy atom. The van der Waals surface area contributed by atoms with Gasteiger partial charge < -0.3 is 20.0 Å². The molecule has 16 heavy (non-hydrogen) atoms. The molecule has 1 saturated heterocycles. The Balaban J connectivity index is 2.23. The summed E-state index contributed by atoms with van der Waals surface area (Å²) in [5.74, 6) is 0.581. The number of anilines is 1. The highest BCUT2D eigenvalue weighted by molar-refractivity contribution is 5.54. The maximum atomic E-state index is 9.75. The number of pyridine rings is 1. The fraction of sp³-hybridized carbons (Fsp3) is 0.545. The van der Waals surface area contributed by atoms with Gasteiger partial charge in [-0.05, 0) is 14.0 Å². The molecule has 5 nitrogen and oxygen atoms in total. The molecule has 2 rings (SSSR count). The number of hydrogen-bond acceptors (Lipinski definition) is 5. The molecule has 2 N–H and O–H groups in total. The molecule has 1 aliphatic rings. The van der Waals surface area contributed by atoms with Gasteiger partial charge in [0.1, 0.15) is 5.75 Å². The van der Waals surface area contributed by atoms with Gasteiger partial charge in [0.2, 0.25) is 0 Å². The van der Waals surface area contributed by atoms with Crippen molar-refractivity contribution in [3.8, 4) is 11.5 Å². The van der Waals surface area contributed by atoms with Crippen molar-refractivity contribution in [3.05, 3.63) is 12.3 Å². The molecular formula is C11H17N3O2. The zero-order chi connectivity index (χ0) is 11.7. The fourth-order valence-corrected chi connectivity index (χ4v) is 2.11. The lowest BCUT2D eigenvalue weighted by Gasteiger charge is -2.39. The van der Waals surface area contributed by atoms with Crippen molar-refractivity contribution < 1.29 is 10.2 Å². The molecule has 0 radical (unpaired) electrons. The van der Waals surface area contributed by atoms with Crippen LogP contribution in [0, 0.1) is 0 Å². The second-order valence-electron chi connectivity index (χ2n) is 4.34. The van der Waals surface area contributed by atoms with E-state index in [0.29, 0.717) is 11.9 Å². The van der Waals surface area contributed by atoms with Crippen LogP contribution in [0.25, 0.3) is 0 Å². The first-order valence-electron chi connectivity index (χ1n) is 5.41. The van der Waals surface area contributed by atoms with E-state index in [0.717, 1.165) is 19.6 Å². The van der Waals surface area contributed by atoms with Crippen LogP contribution in [0.3, 0.4) is 0 Å². The van der Waals surface area contributed by atoms with Crippen LogP contribution in [0.1, 0.15) is 6.92 Å². The Hall–Kier alpha value is -1.49. The Morgan fingerprint density at radius 3 is 2.75 bits per heavy atom. The first-order chi connectivity index (χ1) is 7.58. The molecule has 1 fully saturated rings. The van der Waals surface area contributed by atoms with Gasteiger partial charge in [0.05, 0.1) is 6.20 Å². The number of piperazine rings is 1. The highest BCUT2D eigenvalue weighted by Gasteiger charge is 2.24. The lowest BCUT2D eigenvalue weighted by atomic mass is 10.2. The number of nitrogens with zero attached hydrogens (tertiary/aromatic N) is 3. The molecule has 1 aromatic heterocycles. The van der Waals surface area contributed by atoms with Crippen molar-refractivity contribution in [1.29, 1.82) is 0 Å². The molecule has 0 unspecified atom stereocenters. The average Bonchev–Trinajstić information content (AvgIpc) is 2.19. The Morgan fingerprint density at radius 1 is 1.38 bits per heavy atom. The molecule has 5 heteroatoms. The van der Waals surface area contributed by atoms with Gasteiger partial charge in [0.15, 0.2) is 11.6 Å². The summed E-state index contributed by atoms with van der Waals surface area (Å²) >= 11 is 0. The predicted octanol–water partition coefficient (Wildman–Crippen LogP) is 0.633. The third-order valence-corrected chi connectivity index (χ3v) is 2.94. The fourth-order valence-electron chi connectivity index (χ4n) is 2.11. The van der Waals surface area contributed by atoms with E-state index >= 15 is 0 Å². The number of aromatic nitrogens is 1. The van der Waals surface area contributed by atoms with Crippen molar-refractivity contribution in [3.63, 3.8) is 0 Å². The summed E-state index contributed by atoms with van der Waals surface area (Å²) in [7, 11) is 2.08. The van der Waals surface area contributed by atoms with Crippen LogP contribution < -0.4 is 4.90 Å². The van der Waals surface area contributed by atoms with Crippen LogP contribution in [0.2, 0.25) is 0 Å². The third-order valence-electron chi connectivity index (χ3n) is 2.94. The molecule has 0 aliphatic carbocycles. The lowest BCUT2D eigenvalue weighted by molar-refractivity contribution is 0.273. The molecular weight excluding hydrogens is 206 g/mol. The number of rotatable bonds is 1. The van der Waals surface area contributed by atoms with E-state index in [4.69, 9.17) is 0 Å². The van der Waals surface area contributed by atoms with Gasteiger partial charge >= 0.3 is 0 Å². The molecule has 0 amide bonds. The summed E-state index contributed by atoms with van der Waals surface area (Å²) in [4.78, 5) is 8.40. The number of likely N-dealkylation sites (N-methyl/N-ethyl adjacent to an activating group) is 1. The maximum Gasteiger partial charge on any atom is 0.171 e. The highest BCUT2D eigenvalue weighted by atomic mass is 16.3. The Bertz CT molecular complexity index is 383. The maximum absolute atomic E-state index is 9.75. The lowest BCUT2D eigenvalue weighted by Crippen LogP contribution is -2.50. The van der Waals surface area contributed by atoms with E-state index in [1.807, 2.05) is 0 Å². The Labute approximate surface area is 94.9 Å². The topological polar surface area (TPSA) is 59.8 Å². The van der Waals surface area contributed by atoms with Gasteiger partial charge in [-0.2, -0.15) is 0 Å². The monoisotopic (exact) mass is 223 g/mol. The Kier molecular flexibility index (Phi) is 2.87. The van der Waals surface area contributed by atoms with Crippen molar-refractivity contribution in [1.82, 2.24) is 9.88 Å². The van der Waals surface area contributed by atoms with E-state index < -0.39 is 0 Å². The van der Waals surface area contributed by atoms with E-state index in [2.05, 4.69) is 28.8 Å². The van der Waals surface area contributed by atoms with Gasteiger partial charge in [-0.25, -0.2) is 4.98 Å². The first-order valence-corrected chi connectivity index (χ1v) is 5.41. The van der Waals surface area contributed by atoms with Crippen molar-refractivity contribution in [2.24, 2.45) is 0 Å². The van der Waals surface area contributed by atoms with Crippen LogP contribution in [0.15, 0.2) is 12.3 Å². The molecule has 1 aromatic rings. The summed E-state index contributed by atoms with van der Waals surface area (Å²) in [6.45, 7) is 4.83. The van der Waals surface area contributed by atoms with Crippen LogP contribution in [-0.4, -0.2) is 52.8 Å². The van der Waals surface area contributed by atoms with Gasteiger partial charge in [0, 0.05) is 31.7 Å². The minimum absolute atomic E-state index is 0.0111. The van der Waals surface area contributed by atoms with E-state index in [1.165, 1.54) is 12.3 Å². The second-order valence-corrected chi connectivity index (χ2v) is 4.34. The van der Waals surface area contributed by atoms with Gasteiger partial charge in [-0.1, -0.05) is 0 Å². The minimum atomic E-state index is -0.0111. The third kappa shape index (κ3) is 2.04. The normalized spacial score (nSPS) is 22.4. The SMILES string of the molecule is C[C@H]1CN(C)CCN1c1ncc(O)cc1O. The molecule has 0 bridgehead atoms. The summed E-state index contributed by atoms with van der Waals surface area (Å²) in [6, 6.07) is 1.63. The summed E-state index contributed by atoms with van der Waals surface area (Å²) in [6.07, 6.45) is 1.36. The molecule has 1 aliphatic heterocycles. The van der Waals surface area contributed by atoms with Crippen molar-refractivity contribution in [2.75, 3.05) is 31.6 Å². The van der Waals surface area contributed by atoms with Gasteiger partial charge in [-0.15, -0.1) is 0 Å². The van der Waals surface area contributed by atoms with Crippen LogP contribution >= 0.6 is 0 Å². The van der Waals surface area contributed by atoms with Crippen molar-refractivity contribution in [2.45, 2.75) is 13.0 Å². The number of hydrogen-bond donors (Lipinski definition) is 2. The molecule has 88 valence electrons. The molecule has 0 spiro atoms. The zero-order valence-electron chi connectivity index (χ0n) is 9.59. The quantitative estimate of drug-likeness (QED) is 0.731. The summed E-state index contributed by atoms with van der Waals surface area (Å²) in [5.41, 5.74) is 0. The standard InChI is InChI=1S/C11H17N3O2/c1-8-7-13(2)3-4-14(8)11-10(16)5-9(15)6-12-11/h5-6,8,15-16H,3-4,7H2,1-2H3/t8-/m0/s1. The van der Waals surface area contributed by atoms with E-state index in [1.54, 1.807) is 0 Å². The van der Waals surface area contributed by atoms with E-state index in [9.17, 15) is 10.2 Å². The van der Waals surface area contributed by atoms with Crippen LogP contribution in [-0.2, 0) is 0 Å². The summed E-state index contributed by atoms with van der Waals surface area (Å²) < 4.78 is 0. The van der Waals surface area contributed by atoms with Gasteiger partial charge in [0.25, 0.3) is 0 Å². The molecule has 0 saturated carbocycles. The van der Waals surface area contributed by atoms with Crippen molar-refractivity contribution >= 4 is 5.82 Å². The van der Waals surface area contributed by atoms with Crippen LogP contribution in [0.5, 0.6) is 11.5 Å². The highest BCUT2D eigenvalue weighted by Crippen LogP contribution is 2.29. The van der Waals surface area contributed by atoms with E-state index in [-0.39, 0.29) is 11.5 Å². The largest absolute Gasteiger partial charge is 0.506 e. The zero-order valence-corrected chi connectivity index (χ0v) is 9.59. The smallest absolute Gasteiger partial charge is 0.171 e. The summed E-state index contributed by atoms with van der Waals surface area (Å²) in [5, 5.41) is 18.9. The molecule has 2 heterocycles. The number of aromatic hydroxyl groups is 2.